The quantitative estimate of drug-likeness (QED) is 0.279. The summed E-state index contributed by atoms with van der Waals surface area (Å²) in [6, 6.07) is 9.73. The summed E-state index contributed by atoms with van der Waals surface area (Å²) in [6.45, 7) is 2.44. The van der Waals surface area contributed by atoms with E-state index in [0.717, 1.165) is 12.0 Å². The van der Waals surface area contributed by atoms with Gasteiger partial charge in [0, 0.05) is 25.8 Å². The van der Waals surface area contributed by atoms with Crippen LogP contribution in [0.25, 0.3) is 0 Å². The average molecular weight is 289 g/mol. The third-order valence-corrected chi connectivity index (χ3v) is 2.96. The minimum absolute atomic E-state index is 0.0529. The maximum atomic E-state index is 12.2. The van der Waals surface area contributed by atoms with E-state index >= 15 is 0 Å². The second kappa shape index (κ2) is 8.92. The number of carbonyl (C=O) groups is 1. The fourth-order valence-electron chi connectivity index (χ4n) is 1.96. The van der Waals surface area contributed by atoms with Gasteiger partial charge in [-0.05, 0) is 12.0 Å². The molecule has 21 heavy (non-hydrogen) atoms. The lowest BCUT2D eigenvalue weighted by molar-refractivity contribution is -0.119. The molecule has 114 valence electrons. The van der Waals surface area contributed by atoms with Gasteiger partial charge in [0.1, 0.15) is 12.4 Å². The van der Waals surface area contributed by atoms with Crippen molar-refractivity contribution >= 4 is 11.6 Å². The molecule has 5 heteroatoms. The van der Waals surface area contributed by atoms with Gasteiger partial charge in [-0.15, -0.1) is 0 Å². The summed E-state index contributed by atoms with van der Waals surface area (Å²) in [5.41, 5.74) is 7.47. The van der Waals surface area contributed by atoms with Crippen molar-refractivity contribution in [3.8, 4) is 0 Å². The third-order valence-electron chi connectivity index (χ3n) is 2.96. The topological polar surface area (TPSA) is 88.2 Å². The van der Waals surface area contributed by atoms with Crippen LogP contribution >= 0.6 is 0 Å². The van der Waals surface area contributed by atoms with E-state index < -0.39 is 0 Å². The number of hydrogen-bond donors (Lipinski definition) is 3. The van der Waals surface area contributed by atoms with Crippen molar-refractivity contribution < 1.29 is 9.53 Å². The number of nitrogens with two attached hydrogens (primary N) is 1. The molecule has 1 aromatic carbocycles. The highest BCUT2D eigenvalue weighted by molar-refractivity contribution is 6.20. The number of nitrogens with one attached hydrogen (secondary N) is 2. The summed E-state index contributed by atoms with van der Waals surface area (Å²) in [6.07, 6.45) is 1.36. The summed E-state index contributed by atoms with van der Waals surface area (Å²) < 4.78 is 5.26. The van der Waals surface area contributed by atoms with Crippen molar-refractivity contribution in [1.82, 2.24) is 5.32 Å². The molecule has 4 N–H and O–H groups in total. The van der Waals surface area contributed by atoms with Gasteiger partial charge in [-0.25, -0.2) is 0 Å². The fourth-order valence-corrected chi connectivity index (χ4v) is 1.96. The van der Waals surface area contributed by atoms with E-state index in [1.807, 2.05) is 37.3 Å². The first-order valence-corrected chi connectivity index (χ1v) is 7.00. The van der Waals surface area contributed by atoms with E-state index in [9.17, 15) is 4.79 Å². The van der Waals surface area contributed by atoms with Gasteiger partial charge in [0.25, 0.3) is 0 Å². The first-order chi connectivity index (χ1) is 10.1. The van der Waals surface area contributed by atoms with Crippen LogP contribution in [0.5, 0.6) is 0 Å². The maximum absolute atomic E-state index is 12.2. The summed E-state index contributed by atoms with van der Waals surface area (Å²) in [7, 11) is 1.72. The minimum Gasteiger partial charge on any atom is -0.390 e. The Labute approximate surface area is 125 Å². The van der Waals surface area contributed by atoms with Gasteiger partial charge in [0.15, 0.2) is 5.78 Å². The summed E-state index contributed by atoms with van der Waals surface area (Å²) in [4.78, 5) is 12.2. The van der Waals surface area contributed by atoms with Gasteiger partial charge >= 0.3 is 0 Å². The minimum atomic E-state index is -0.267. The first-order valence-electron chi connectivity index (χ1n) is 7.00. The molecule has 0 saturated carbocycles. The SMILES string of the molecule is CCCOCC(=O)/C(C(=N)N)=C(\Cc1ccccc1)NC. The standard InChI is InChI=1S/C16H23N3O2/c1-3-9-21-11-14(20)15(16(17)18)13(19-2)10-12-7-5-4-6-8-12/h4-8,19H,3,9-11H2,1-2H3,(H3,17,18)/b15-13-. The molecule has 0 atom stereocenters. The molecule has 0 radical (unpaired) electrons. The molecule has 0 aliphatic rings. The number of hydrogen-bond acceptors (Lipinski definition) is 4. The Kier molecular flexibility index (Phi) is 7.18. The van der Waals surface area contributed by atoms with Crippen LogP contribution in [0.3, 0.4) is 0 Å². The van der Waals surface area contributed by atoms with Crippen molar-refractivity contribution in [3.05, 3.63) is 47.2 Å². The predicted octanol–water partition coefficient (Wildman–Crippen LogP) is 1.63. The third kappa shape index (κ3) is 5.39. The smallest absolute Gasteiger partial charge is 0.193 e. The van der Waals surface area contributed by atoms with E-state index in [2.05, 4.69) is 5.32 Å². The van der Waals surface area contributed by atoms with Gasteiger partial charge in [0.2, 0.25) is 0 Å². The summed E-state index contributed by atoms with van der Waals surface area (Å²) in [5.74, 6) is -0.503. The second-order valence-electron chi connectivity index (χ2n) is 4.66. The number of ether oxygens (including phenoxy) is 1. The molecular weight excluding hydrogens is 266 g/mol. The van der Waals surface area contributed by atoms with Gasteiger partial charge in [-0.1, -0.05) is 37.3 Å². The van der Waals surface area contributed by atoms with Gasteiger partial charge in [0.05, 0.1) is 5.57 Å². The molecule has 0 amide bonds. The van der Waals surface area contributed by atoms with Crippen LogP contribution in [0, 0.1) is 5.41 Å². The molecular formula is C16H23N3O2. The van der Waals surface area contributed by atoms with Crippen molar-refractivity contribution in [3.63, 3.8) is 0 Å². The van der Waals surface area contributed by atoms with Crippen LogP contribution in [0.15, 0.2) is 41.6 Å². The molecule has 0 bridgehead atoms. The number of amidine groups is 1. The van der Waals surface area contributed by atoms with Gasteiger partial charge in [-0.2, -0.15) is 0 Å². The molecule has 0 heterocycles. The molecule has 1 rings (SSSR count). The number of benzene rings is 1. The Bertz CT molecular complexity index is 510. The largest absolute Gasteiger partial charge is 0.390 e. The van der Waals surface area contributed by atoms with E-state index in [1.54, 1.807) is 7.05 Å². The zero-order valence-corrected chi connectivity index (χ0v) is 12.6. The Morgan fingerprint density at radius 3 is 2.52 bits per heavy atom. The lowest BCUT2D eigenvalue weighted by atomic mass is 10.0. The molecule has 5 nitrogen and oxygen atoms in total. The Morgan fingerprint density at radius 1 is 1.33 bits per heavy atom. The van der Waals surface area contributed by atoms with Crippen LogP contribution in [-0.4, -0.2) is 31.9 Å². The van der Waals surface area contributed by atoms with Crippen LogP contribution < -0.4 is 11.1 Å². The Hall–Kier alpha value is -2.14. The molecule has 1 aromatic rings. The maximum Gasteiger partial charge on any atom is 0.193 e. The molecule has 0 saturated heterocycles. The molecule has 0 fully saturated rings. The summed E-state index contributed by atoms with van der Waals surface area (Å²) >= 11 is 0. The Morgan fingerprint density at radius 2 is 2.00 bits per heavy atom. The molecule has 0 unspecified atom stereocenters. The van der Waals surface area contributed by atoms with E-state index in [4.69, 9.17) is 15.9 Å². The molecule has 0 spiro atoms. The van der Waals surface area contributed by atoms with E-state index in [0.29, 0.717) is 18.7 Å². The van der Waals surface area contributed by atoms with Crippen LogP contribution in [0.1, 0.15) is 18.9 Å². The van der Waals surface area contributed by atoms with Gasteiger partial charge < -0.3 is 15.8 Å². The van der Waals surface area contributed by atoms with E-state index in [1.165, 1.54) is 0 Å². The molecule has 0 aliphatic carbocycles. The van der Waals surface area contributed by atoms with Crippen LogP contribution in [0.4, 0.5) is 0 Å². The number of likely N-dealkylation sites (N-methyl/N-ethyl adjacent to an activating group) is 1. The highest BCUT2D eigenvalue weighted by Crippen LogP contribution is 2.11. The number of carbonyl (C=O) groups excluding carboxylic acids is 1. The highest BCUT2D eigenvalue weighted by atomic mass is 16.5. The number of Topliss-reactive ketones (excluding diaryl/α,β-unsaturated/α-hetero) is 1. The normalized spacial score (nSPS) is 11.7. The zero-order chi connectivity index (χ0) is 15.7. The molecule has 0 aromatic heterocycles. The number of rotatable bonds is 9. The zero-order valence-electron chi connectivity index (χ0n) is 12.6. The highest BCUT2D eigenvalue weighted by Gasteiger charge is 2.18. The van der Waals surface area contributed by atoms with E-state index in [-0.39, 0.29) is 23.8 Å². The second-order valence-corrected chi connectivity index (χ2v) is 4.66. The average Bonchev–Trinajstić information content (AvgIpc) is 2.47. The Balaban J connectivity index is 2.96. The predicted molar refractivity (Wildman–Crippen MR) is 84.3 cm³/mol. The van der Waals surface area contributed by atoms with Crippen molar-refractivity contribution in [2.45, 2.75) is 19.8 Å². The fraction of sp³-hybridized carbons (Fsp3) is 0.375. The van der Waals surface area contributed by atoms with Crippen molar-refractivity contribution in [1.29, 1.82) is 5.41 Å². The molecule has 0 aliphatic heterocycles. The summed E-state index contributed by atoms with van der Waals surface area (Å²) in [5, 5.41) is 10.7. The van der Waals surface area contributed by atoms with Crippen LogP contribution in [0.2, 0.25) is 0 Å². The lowest BCUT2D eigenvalue weighted by Gasteiger charge is -2.14. The monoisotopic (exact) mass is 289 g/mol. The van der Waals surface area contributed by atoms with Crippen molar-refractivity contribution in [2.24, 2.45) is 5.73 Å². The lowest BCUT2D eigenvalue weighted by Crippen LogP contribution is -2.29. The first kappa shape index (κ1) is 16.9. The van der Waals surface area contributed by atoms with Gasteiger partial charge in [-0.3, -0.25) is 10.2 Å². The number of allylic oxidation sites excluding steroid dienone is 1. The van der Waals surface area contributed by atoms with Crippen LogP contribution in [-0.2, 0) is 16.0 Å². The number of ketones is 1. The van der Waals surface area contributed by atoms with Crippen molar-refractivity contribution in [2.75, 3.05) is 20.3 Å².